The van der Waals surface area contributed by atoms with Crippen LogP contribution < -0.4 is 5.73 Å². The van der Waals surface area contributed by atoms with E-state index in [0.717, 1.165) is 24.8 Å². The van der Waals surface area contributed by atoms with Crippen molar-refractivity contribution in [3.05, 3.63) is 23.8 Å². The monoisotopic (exact) mass is 164 g/mol. The van der Waals surface area contributed by atoms with Crippen molar-refractivity contribution in [1.29, 1.82) is 5.41 Å². The van der Waals surface area contributed by atoms with E-state index in [1.165, 1.54) is 12.8 Å². The molecule has 0 radical (unpaired) electrons. The molecule has 0 aromatic rings. The summed E-state index contributed by atoms with van der Waals surface area (Å²) in [6.45, 7) is 0. The summed E-state index contributed by atoms with van der Waals surface area (Å²) in [5.74, 6) is 0.224. The highest BCUT2D eigenvalue weighted by atomic mass is 14.7. The van der Waals surface area contributed by atoms with Crippen molar-refractivity contribution in [3.63, 3.8) is 0 Å². The van der Waals surface area contributed by atoms with Crippen molar-refractivity contribution in [2.75, 3.05) is 0 Å². The van der Waals surface area contributed by atoms with Gasteiger partial charge < -0.3 is 5.73 Å². The quantitative estimate of drug-likeness (QED) is 0.453. The van der Waals surface area contributed by atoms with E-state index in [2.05, 4.69) is 6.08 Å². The lowest BCUT2D eigenvalue weighted by Crippen LogP contribution is -2.12. The zero-order valence-corrected chi connectivity index (χ0v) is 7.34. The molecule has 1 aliphatic rings. The number of nitrogens with one attached hydrogen (secondary N) is 1. The Hall–Kier alpha value is -1.05. The van der Waals surface area contributed by atoms with Gasteiger partial charge in [-0.25, -0.2) is 0 Å². The standard InChI is InChI=1S/C10H16N2/c11-10(12)9-7-5-3-1-2-4-6-8-9/h3,5,7H,1-2,4,6,8H2,(H3,11,12). The van der Waals surface area contributed by atoms with Gasteiger partial charge in [0.2, 0.25) is 0 Å². The Labute approximate surface area is 73.7 Å². The summed E-state index contributed by atoms with van der Waals surface area (Å²) in [6, 6.07) is 0. The van der Waals surface area contributed by atoms with Gasteiger partial charge in [-0.05, 0) is 31.3 Å². The molecule has 0 atom stereocenters. The van der Waals surface area contributed by atoms with E-state index in [1.54, 1.807) is 0 Å². The molecule has 0 saturated carbocycles. The Morgan fingerprint density at radius 2 is 2.17 bits per heavy atom. The van der Waals surface area contributed by atoms with Crippen molar-refractivity contribution < 1.29 is 0 Å². The molecule has 0 aromatic heterocycles. The number of allylic oxidation sites excluding steroid dienone is 3. The third-order valence-electron chi connectivity index (χ3n) is 2.10. The van der Waals surface area contributed by atoms with Gasteiger partial charge in [0, 0.05) is 0 Å². The summed E-state index contributed by atoms with van der Waals surface area (Å²) in [5.41, 5.74) is 6.40. The molecule has 0 aliphatic heterocycles. The first-order valence-corrected chi connectivity index (χ1v) is 4.51. The lowest BCUT2D eigenvalue weighted by Gasteiger charge is -2.02. The zero-order chi connectivity index (χ0) is 8.81. The fraction of sp³-hybridized carbons (Fsp3) is 0.500. The SMILES string of the molecule is N=C(N)C1=CC=CCCCCC1. The maximum atomic E-state index is 7.30. The summed E-state index contributed by atoms with van der Waals surface area (Å²) in [5, 5.41) is 7.30. The van der Waals surface area contributed by atoms with Crippen LogP contribution in [0.5, 0.6) is 0 Å². The predicted molar refractivity (Wildman–Crippen MR) is 52.2 cm³/mol. The van der Waals surface area contributed by atoms with E-state index in [0.29, 0.717) is 0 Å². The minimum atomic E-state index is 0.224. The molecule has 1 rings (SSSR count). The molecule has 2 heteroatoms. The molecule has 0 fully saturated rings. The fourth-order valence-corrected chi connectivity index (χ4v) is 1.34. The van der Waals surface area contributed by atoms with Crippen molar-refractivity contribution in [1.82, 2.24) is 0 Å². The average Bonchev–Trinajstić information content (AvgIpc) is 2.15. The molecule has 0 aromatic carbocycles. The second-order valence-corrected chi connectivity index (χ2v) is 3.13. The molecule has 66 valence electrons. The molecule has 0 amide bonds. The molecule has 2 nitrogen and oxygen atoms in total. The minimum absolute atomic E-state index is 0.224. The van der Waals surface area contributed by atoms with Crippen LogP contribution in [-0.2, 0) is 0 Å². The normalized spacial score (nSPS) is 18.8. The highest BCUT2D eigenvalue weighted by molar-refractivity contribution is 5.94. The van der Waals surface area contributed by atoms with Crippen LogP contribution in [0.15, 0.2) is 23.8 Å². The molecule has 1 aliphatic carbocycles. The van der Waals surface area contributed by atoms with Gasteiger partial charge in [0.05, 0.1) is 0 Å². The Bertz CT molecular complexity index is 214. The number of nitrogens with two attached hydrogens (primary N) is 1. The van der Waals surface area contributed by atoms with Crippen molar-refractivity contribution >= 4 is 5.84 Å². The average molecular weight is 164 g/mol. The smallest absolute Gasteiger partial charge is 0.118 e. The second-order valence-electron chi connectivity index (χ2n) is 3.13. The van der Waals surface area contributed by atoms with Crippen molar-refractivity contribution in [3.8, 4) is 0 Å². The lowest BCUT2D eigenvalue weighted by atomic mass is 10.1. The predicted octanol–water partition coefficient (Wildman–Crippen LogP) is 2.37. The third kappa shape index (κ3) is 2.91. The molecule has 12 heavy (non-hydrogen) atoms. The van der Waals surface area contributed by atoms with E-state index in [9.17, 15) is 0 Å². The Morgan fingerprint density at radius 1 is 1.33 bits per heavy atom. The molecule has 3 N–H and O–H groups in total. The van der Waals surface area contributed by atoms with Gasteiger partial charge in [-0.2, -0.15) is 0 Å². The summed E-state index contributed by atoms with van der Waals surface area (Å²) in [7, 11) is 0. The first-order valence-electron chi connectivity index (χ1n) is 4.51. The van der Waals surface area contributed by atoms with Crippen molar-refractivity contribution in [2.45, 2.75) is 32.1 Å². The van der Waals surface area contributed by atoms with Crippen LogP contribution in [0, 0.1) is 5.41 Å². The van der Waals surface area contributed by atoms with E-state index >= 15 is 0 Å². The van der Waals surface area contributed by atoms with E-state index in [1.807, 2.05) is 12.2 Å². The van der Waals surface area contributed by atoms with Gasteiger partial charge >= 0.3 is 0 Å². The van der Waals surface area contributed by atoms with Crippen LogP contribution in [-0.4, -0.2) is 5.84 Å². The molecule has 0 saturated heterocycles. The number of rotatable bonds is 1. The second kappa shape index (κ2) is 4.75. The topological polar surface area (TPSA) is 49.9 Å². The molecule has 0 heterocycles. The summed E-state index contributed by atoms with van der Waals surface area (Å²) in [4.78, 5) is 0. The van der Waals surface area contributed by atoms with Crippen LogP contribution in [0.2, 0.25) is 0 Å². The van der Waals surface area contributed by atoms with E-state index in [-0.39, 0.29) is 5.84 Å². The Kier molecular flexibility index (Phi) is 3.58. The largest absolute Gasteiger partial charge is 0.384 e. The van der Waals surface area contributed by atoms with Crippen LogP contribution in [0.25, 0.3) is 0 Å². The lowest BCUT2D eigenvalue weighted by molar-refractivity contribution is 0.693. The molecular formula is C10H16N2. The first kappa shape index (κ1) is 9.04. The van der Waals surface area contributed by atoms with Gasteiger partial charge in [0.15, 0.2) is 0 Å². The first-order chi connectivity index (χ1) is 5.80. The molecule has 0 bridgehead atoms. The van der Waals surface area contributed by atoms with Gasteiger partial charge in [0.25, 0.3) is 0 Å². The number of hydrogen-bond acceptors (Lipinski definition) is 1. The highest BCUT2D eigenvalue weighted by Crippen LogP contribution is 2.12. The van der Waals surface area contributed by atoms with Crippen LogP contribution >= 0.6 is 0 Å². The maximum Gasteiger partial charge on any atom is 0.118 e. The molecule has 0 unspecified atom stereocenters. The van der Waals surface area contributed by atoms with Gasteiger partial charge in [-0.15, -0.1) is 0 Å². The van der Waals surface area contributed by atoms with Gasteiger partial charge in [0.1, 0.15) is 5.84 Å². The molecule has 0 spiro atoms. The van der Waals surface area contributed by atoms with Crippen LogP contribution in [0.1, 0.15) is 32.1 Å². The van der Waals surface area contributed by atoms with Gasteiger partial charge in [-0.1, -0.05) is 24.6 Å². The Morgan fingerprint density at radius 3 is 2.92 bits per heavy atom. The van der Waals surface area contributed by atoms with E-state index < -0.39 is 0 Å². The zero-order valence-electron chi connectivity index (χ0n) is 7.34. The van der Waals surface area contributed by atoms with E-state index in [4.69, 9.17) is 11.1 Å². The van der Waals surface area contributed by atoms with Crippen LogP contribution in [0.4, 0.5) is 0 Å². The Balaban J connectivity index is 2.61. The summed E-state index contributed by atoms with van der Waals surface area (Å²) < 4.78 is 0. The highest BCUT2D eigenvalue weighted by Gasteiger charge is 2.00. The number of amidine groups is 1. The minimum Gasteiger partial charge on any atom is -0.384 e. The summed E-state index contributed by atoms with van der Waals surface area (Å²) >= 11 is 0. The molecular weight excluding hydrogens is 148 g/mol. The van der Waals surface area contributed by atoms with Gasteiger partial charge in [-0.3, -0.25) is 5.41 Å². The van der Waals surface area contributed by atoms with Crippen LogP contribution in [0.3, 0.4) is 0 Å². The number of hydrogen-bond donors (Lipinski definition) is 2. The van der Waals surface area contributed by atoms with Crippen molar-refractivity contribution in [2.24, 2.45) is 5.73 Å². The third-order valence-corrected chi connectivity index (χ3v) is 2.10. The fourth-order valence-electron chi connectivity index (χ4n) is 1.34. The maximum absolute atomic E-state index is 7.30. The summed E-state index contributed by atoms with van der Waals surface area (Å²) in [6.07, 6.45) is 11.9.